The predicted octanol–water partition coefficient (Wildman–Crippen LogP) is 3.27. The van der Waals surface area contributed by atoms with E-state index in [-0.39, 0.29) is 6.04 Å². The molecule has 102 valence electrons. The minimum atomic E-state index is 0.248. The summed E-state index contributed by atoms with van der Waals surface area (Å²) in [6.45, 7) is 2.13. The van der Waals surface area contributed by atoms with E-state index >= 15 is 0 Å². The lowest BCUT2D eigenvalue weighted by atomic mass is 10.1. The maximum atomic E-state index is 6.01. The number of para-hydroxylation sites is 1. The van der Waals surface area contributed by atoms with Crippen LogP contribution in [0.3, 0.4) is 0 Å². The molecular weight excluding hydrogens is 282 g/mol. The molecule has 0 radical (unpaired) electrons. The molecule has 1 aromatic heterocycles. The van der Waals surface area contributed by atoms with Gasteiger partial charge in [0.1, 0.15) is 5.75 Å². The Kier molecular flexibility index (Phi) is 4.61. The molecule has 0 N–H and O–H groups in total. The first-order chi connectivity index (χ1) is 9.13. The molecular formula is C13H16ClN3OS. The average Bonchev–Trinajstić information content (AvgIpc) is 2.84. The summed E-state index contributed by atoms with van der Waals surface area (Å²) < 4.78 is 13.6. The fourth-order valence-electron chi connectivity index (χ4n) is 1.92. The highest BCUT2D eigenvalue weighted by molar-refractivity contribution is 6.99. The molecule has 0 aliphatic rings. The molecule has 0 aliphatic carbocycles. The lowest BCUT2D eigenvalue weighted by Gasteiger charge is -2.25. The molecule has 0 fully saturated rings. The van der Waals surface area contributed by atoms with Crippen molar-refractivity contribution in [2.24, 2.45) is 0 Å². The minimum absolute atomic E-state index is 0.248. The standard InChI is InChI=1S/C13H16ClN3OS/c1-9(17(2)13-12(14)15-19-16-13)8-10-6-4-5-7-11(10)18-3/h4-7,9H,8H2,1-3H3. The Morgan fingerprint density at radius 1 is 1.37 bits per heavy atom. The van der Waals surface area contributed by atoms with E-state index in [0.717, 1.165) is 29.7 Å². The molecule has 1 unspecified atom stereocenters. The van der Waals surface area contributed by atoms with E-state index in [2.05, 4.69) is 21.7 Å². The van der Waals surface area contributed by atoms with Crippen LogP contribution in [0.2, 0.25) is 5.15 Å². The van der Waals surface area contributed by atoms with Gasteiger partial charge in [-0.1, -0.05) is 29.8 Å². The number of hydrogen-bond donors (Lipinski definition) is 0. The molecule has 4 nitrogen and oxygen atoms in total. The van der Waals surface area contributed by atoms with Crippen LogP contribution in [-0.2, 0) is 6.42 Å². The molecule has 6 heteroatoms. The van der Waals surface area contributed by atoms with Crippen LogP contribution in [0.5, 0.6) is 5.75 Å². The maximum absolute atomic E-state index is 6.01. The Bertz CT molecular complexity index is 546. The summed E-state index contributed by atoms with van der Waals surface area (Å²) in [6, 6.07) is 8.28. The third kappa shape index (κ3) is 3.16. The molecule has 0 amide bonds. The average molecular weight is 298 g/mol. The fraction of sp³-hybridized carbons (Fsp3) is 0.385. The van der Waals surface area contributed by atoms with Crippen molar-refractivity contribution in [1.29, 1.82) is 0 Å². The van der Waals surface area contributed by atoms with Crippen molar-refractivity contribution in [2.75, 3.05) is 19.1 Å². The first-order valence-corrected chi connectivity index (χ1v) is 7.07. The van der Waals surface area contributed by atoms with Crippen LogP contribution < -0.4 is 9.64 Å². The number of likely N-dealkylation sites (N-methyl/N-ethyl adjacent to an activating group) is 1. The van der Waals surface area contributed by atoms with E-state index in [1.807, 2.05) is 30.1 Å². The van der Waals surface area contributed by atoms with Crippen LogP contribution in [0.25, 0.3) is 0 Å². The van der Waals surface area contributed by atoms with Crippen molar-refractivity contribution in [2.45, 2.75) is 19.4 Å². The number of benzene rings is 1. The molecule has 2 rings (SSSR count). The quantitative estimate of drug-likeness (QED) is 0.849. The van der Waals surface area contributed by atoms with Crippen LogP contribution in [0.1, 0.15) is 12.5 Å². The van der Waals surface area contributed by atoms with Crippen LogP contribution in [0.15, 0.2) is 24.3 Å². The highest BCUT2D eigenvalue weighted by Gasteiger charge is 2.18. The van der Waals surface area contributed by atoms with Crippen molar-refractivity contribution in [3.8, 4) is 5.75 Å². The molecule has 1 aromatic carbocycles. The Morgan fingerprint density at radius 2 is 2.11 bits per heavy atom. The third-order valence-corrected chi connectivity index (χ3v) is 4.01. The molecule has 0 saturated carbocycles. The lowest BCUT2D eigenvalue weighted by molar-refractivity contribution is 0.408. The number of rotatable bonds is 5. The third-order valence-electron chi connectivity index (χ3n) is 3.14. The summed E-state index contributed by atoms with van der Waals surface area (Å²) in [5, 5.41) is 0.458. The zero-order valence-electron chi connectivity index (χ0n) is 11.1. The fourth-order valence-corrected chi connectivity index (χ4v) is 2.72. The molecule has 1 heterocycles. The number of nitrogens with zero attached hydrogens (tertiary/aromatic N) is 3. The van der Waals surface area contributed by atoms with Crippen LogP contribution in [-0.4, -0.2) is 28.9 Å². The van der Waals surface area contributed by atoms with E-state index in [0.29, 0.717) is 5.15 Å². The number of anilines is 1. The van der Waals surface area contributed by atoms with Gasteiger partial charge in [0.25, 0.3) is 0 Å². The summed E-state index contributed by atoms with van der Waals surface area (Å²) in [5.41, 5.74) is 1.17. The first kappa shape index (κ1) is 14.1. The number of hydrogen-bond acceptors (Lipinski definition) is 5. The SMILES string of the molecule is COc1ccccc1CC(C)N(C)c1nsnc1Cl. The zero-order valence-corrected chi connectivity index (χ0v) is 12.7. The molecule has 0 spiro atoms. The van der Waals surface area contributed by atoms with Crippen molar-refractivity contribution < 1.29 is 4.74 Å². The van der Waals surface area contributed by atoms with E-state index in [9.17, 15) is 0 Å². The molecule has 2 aromatic rings. The summed E-state index contributed by atoms with van der Waals surface area (Å²) in [7, 11) is 3.66. The van der Waals surface area contributed by atoms with Gasteiger partial charge in [-0.3, -0.25) is 0 Å². The summed E-state index contributed by atoms with van der Waals surface area (Å²) in [6.07, 6.45) is 0.856. The summed E-state index contributed by atoms with van der Waals surface area (Å²) in [5.74, 6) is 1.64. The highest BCUT2D eigenvalue weighted by atomic mass is 35.5. The Labute approximate surface area is 122 Å². The van der Waals surface area contributed by atoms with Gasteiger partial charge in [-0.15, -0.1) is 0 Å². The second-order valence-electron chi connectivity index (χ2n) is 4.35. The monoisotopic (exact) mass is 297 g/mol. The van der Waals surface area contributed by atoms with Gasteiger partial charge >= 0.3 is 0 Å². The van der Waals surface area contributed by atoms with Gasteiger partial charge in [0.05, 0.1) is 18.8 Å². The van der Waals surface area contributed by atoms with Crippen LogP contribution in [0.4, 0.5) is 5.82 Å². The van der Waals surface area contributed by atoms with Crippen LogP contribution in [0, 0.1) is 0 Å². The Morgan fingerprint density at radius 3 is 2.74 bits per heavy atom. The maximum Gasteiger partial charge on any atom is 0.187 e. The molecule has 1 atom stereocenters. The van der Waals surface area contributed by atoms with Crippen molar-refractivity contribution in [1.82, 2.24) is 8.75 Å². The number of aromatic nitrogens is 2. The highest BCUT2D eigenvalue weighted by Crippen LogP contribution is 2.26. The molecule has 19 heavy (non-hydrogen) atoms. The minimum Gasteiger partial charge on any atom is -0.496 e. The van der Waals surface area contributed by atoms with Gasteiger partial charge in [0.2, 0.25) is 0 Å². The van der Waals surface area contributed by atoms with Gasteiger partial charge in [0, 0.05) is 13.1 Å². The van der Waals surface area contributed by atoms with Crippen molar-refractivity contribution in [3.05, 3.63) is 35.0 Å². The molecule has 0 aliphatic heterocycles. The van der Waals surface area contributed by atoms with Gasteiger partial charge in [-0.25, -0.2) is 0 Å². The van der Waals surface area contributed by atoms with Crippen molar-refractivity contribution in [3.63, 3.8) is 0 Å². The topological polar surface area (TPSA) is 38.2 Å². The number of halogens is 1. The zero-order chi connectivity index (χ0) is 13.8. The molecule has 0 saturated heterocycles. The lowest BCUT2D eigenvalue weighted by Crippen LogP contribution is -2.31. The normalized spacial score (nSPS) is 12.2. The second-order valence-corrected chi connectivity index (χ2v) is 5.24. The summed E-state index contributed by atoms with van der Waals surface area (Å²) in [4.78, 5) is 2.04. The predicted molar refractivity (Wildman–Crippen MR) is 79.5 cm³/mol. The Balaban J connectivity index is 2.13. The largest absolute Gasteiger partial charge is 0.496 e. The van der Waals surface area contributed by atoms with Gasteiger partial charge in [0.15, 0.2) is 11.0 Å². The van der Waals surface area contributed by atoms with E-state index in [1.165, 1.54) is 5.56 Å². The van der Waals surface area contributed by atoms with Gasteiger partial charge < -0.3 is 9.64 Å². The van der Waals surface area contributed by atoms with Gasteiger partial charge in [-0.2, -0.15) is 8.75 Å². The first-order valence-electron chi connectivity index (χ1n) is 5.96. The van der Waals surface area contributed by atoms with E-state index < -0.39 is 0 Å². The number of ether oxygens (including phenoxy) is 1. The van der Waals surface area contributed by atoms with E-state index in [4.69, 9.17) is 16.3 Å². The van der Waals surface area contributed by atoms with E-state index in [1.54, 1.807) is 7.11 Å². The smallest absolute Gasteiger partial charge is 0.187 e. The van der Waals surface area contributed by atoms with Crippen molar-refractivity contribution >= 4 is 29.1 Å². The molecule has 0 bridgehead atoms. The van der Waals surface area contributed by atoms with Crippen LogP contribution >= 0.6 is 23.3 Å². The number of methoxy groups -OCH3 is 1. The second kappa shape index (κ2) is 6.21. The van der Waals surface area contributed by atoms with Gasteiger partial charge in [-0.05, 0) is 25.0 Å². The summed E-state index contributed by atoms with van der Waals surface area (Å²) >= 11 is 7.14. The Hall–Kier alpha value is -1.33.